The van der Waals surface area contributed by atoms with Crippen LogP contribution in [0.5, 0.6) is 0 Å². The summed E-state index contributed by atoms with van der Waals surface area (Å²) in [5, 5.41) is 7.44. The molecule has 0 amide bonds. The minimum absolute atomic E-state index is 0.457. The molecule has 6 heteroatoms. The van der Waals surface area contributed by atoms with Crippen LogP contribution in [0.2, 0.25) is 0 Å². The molecule has 0 bridgehead atoms. The van der Waals surface area contributed by atoms with Crippen LogP contribution >= 0.6 is 0 Å². The molecule has 0 saturated carbocycles. The molecule has 15 heavy (non-hydrogen) atoms. The Kier molecular flexibility index (Phi) is 1.90. The maximum absolute atomic E-state index is 5.18. The molecule has 3 rings (SSSR count). The highest BCUT2D eigenvalue weighted by atomic mass is 16.5. The molecular formula is C9H10N4O2. The normalized spacial score (nSPS) is 16.1. The van der Waals surface area contributed by atoms with Crippen molar-refractivity contribution >= 4 is 5.88 Å². The van der Waals surface area contributed by atoms with Crippen molar-refractivity contribution in [2.75, 3.05) is 18.0 Å². The molecule has 78 valence electrons. The first-order valence-corrected chi connectivity index (χ1v) is 4.92. The van der Waals surface area contributed by atoms with Crippen LogP contribution in [0.25, 0.3) is 11.6 Å². The Morgan fingerprint density at radius 1 is 1.27 bits per heavy atom. The molecule has 0 atom stereocenters. The number of aromatic nitrogens is 3. The van der Waals surface area contributed by atoms with E-state index in [4.69, 9.17) is 8.94 Å². The maximum Gasteiger partial charge on any atom is 0.261 e. The van der Waals surface area contributed by atoms with E-state index in [1.807, 2.05) is 0 Å². The van der Waals surface area contributed by atoms with Crippen molar-refractivity contribution in [3.8, 4) is 11.6 Å². The van der Waals surface area contributed by atoms with Gasteiger partial charge in [0.1, 0.15) is 6.26 Å². The first kappa shape index (κ1) is 8.46. The van der Waals surface area contributed by atoms with Gasteiger partial charge in [0.2, 0.25) is 5.69 Å². The Morgan fingerprint density at radius 3 is 2.87 bits per heavy atom. The Bertz CT molecular complexity index is 431. The van der Waals surface area contributed by atoms with Gasteiger partial charge in [-0.3, -0.25) is 0 Å². The van der Waals surface area contributed by atoms with Gasteiger partial charge in [-0.15, -0.1) is 5.10 Å². The Hall–Kier alpha value is -1.85. The lowest BCUT2D eigenvalue weighted by molar-refractivity contribution is 0.394. The monoisotopic (exact) mass is 206 g/mol. The van der Waals surface area contributed by atoms with Crippen LogP contribution in [0.15, 0.2) is 21.4 Å². The number of oxazole rings is 1. The summed E-state index contributed by atoms with van der Waals surface area (Å²) >= 11 is 0. The highest BCUT2D eigenvalue weighted by molar-refractivity contribution is 5.63. The molecule has 1 saturated heterocycles. The smallest absolute Gasteiger partial charge is 0.261 e. The quantitative estimate of drug-likeness (QED) is 0.738. The highest BCUT2D eigenvalue weighted by Crippen LogP contribution is 2.29. The Morgan fingerprint density at radius 2 is 2.13 bits per heavy atom. The molecule has 6 nitrogen and oxygen atoms in total. The van der Waals surface area contributed by atoms with Gasteiger partial charge >= 0.3 is 0 Å². The average molecular weight is 206 g/mol. The van der Waals surface area contributed by atoms with Crippen LogP contribution in [0.1, 0.15) is 12.8 Å². The van der Waals surface area contributed by atoms with Crippen molar-refractivity contribution < 1.29 is 8.94 Å². The molecule has 3 heterocycles. The number of hydrogen-bond donors (Lipinski definition) is 0. The van der Waals surface area contributed by atoms with Crippen LogP contribution in [-0.4, -0.2) is 28.4 Å². The summed E-state index contributed by atoms with van der Waals surface area (Å²) in [6.07, 6.45) is 5.44. The van der Waals surface area contributed by atoms with Crippen LogP contribution in [0, 0.1) is 0 Å². The third-order valence-electron chi connectivity index (χ3n) is 2.50. The summed E-state index contributed by atoms with van der Waals surface area (Å²) in [4.78, 5) is 6.15. The molecule has 2 aromatic heterocycles. The van der Waals surface area contributed by atoms with Gasteiger partial charge in [0, 0.05) is 18.4 Å². The lowest BCUT2D eigenvalue weighted by Gasteiger charge is -2.11. The molecule has 0 unspecified atom stereocenters. The topological polar surface area (TPSA) is 68.2 Å². The molecule has 0 aliphatic carbocycles. The van der Waals surface area contributed by atoms with Gasteiger partial charge in [0.05, 0.1) is 6.20 Å². The van der Waals surface area contributed by atoms with Crippen LogP contribution in [-0.2, 0) is 0 Å². The van der Waals surface area contributed by atoms with Gasteiger partial charge in [0.25, 0.3) is 11.8 Å². The summed E-state index contributed by atoms with van der Waals surface area (Å²) in [7, 11) is 0. The molecule has 0 spiro atoms. The second kappa shape index (κ2) is 3.38. The van der Waals surface area contributed by atoms with E-state index in [-0.39, 0.29) is 0 Å². The van der Waals surface area contributed by atoms with Gasteiger partial charge in [-0.2, -0.15) is 0 Å². The fourth-order valence-corrected chi connectivity index (χ4v) is 1.79. The van der Waals surface area contributed by atoms with E-state index in [0.29, 0.717) is 17.5 Å². The number of rotatable bonds is 2. The van der Waals surface area contributed by atoms with Crippen LogP contribution < -0.4 is 4.90 Å². The van der Waals surface area contributed by atoms with Crippen molar-refractivity contribution in [2.24, 2.45) is 0 Å². The molecule has 0 N–H and O–H groups in total. The Balaban J connectivity index is 1.98. The van der Waals surface area contributed by atoms with Gasteiger partial charge in [-0.05, 0) is 12.8 Å². The van der Waals surface area contributed by atoms with Gasteiger partial charge in [-0.25, -0.2) is 4.98 Å². The maximum atomic E-state index is 5.18. The van der Waals surface area contributed by atoms with Crippen molar-refractivity contribution in [3.05, 3.63) is 12.5 Å². The van der Waals surface area contributed by atoms with E-state index in [0.717, 1.165) is 13.1 Å². The van der Waals surface area contributed by atoms with Crippen molar-refractivity contribution in [3.63, 3.8) is 0 Å². The first-order valence-electron chi connectivity index (χ1n) is 4.92. The van der Waals surface area contributed by atoms with Crippen molar-refractivity contribution in [1.82, 2.24) is 15.4 Å². The second-order valence-corrected chi connectivity index (χ2v) is 3.46. The van der Waals surface area contributed by atoms with Gasteiger partial charge in [0.15, 0.2) is 0 Å². The summed E-state index contributed by atoms with van der Waals surface area (Å²) in [6, 6.07) is 0. The van der Waals surface area contributed by atoms with E-state index in [1.54, 1.807) is 6.20 Å². The largest absolute Gasteiger partial charge is 0.443 e. The van der Waals surface area contributed by atoms with E-state index < -0.39 is 0 Å². The standard InChI is InChI=1S/C9H10N4O2/c1-2-5-13(4-1)9-7(11-12-15-9)8-10-3-6-14-8/h3,6H,1-2,4-5H2. The molecular weight excluding hydrogens is 196 g/mol. The third kappa shape index (κ3) is 1.38. The zero-order valence-corrected chi connectivity index (χ0v) is 8.09. The highest BCUT2D eigenvalue weighted by Gasteiger charge is 2.24. The molecule has 2 aromatic rings. The fourth-order valence-electron chi connectivity index (χ4n) is 1.79. The number of anilines is 1. The van der Waals surface area contributed by atoms with E-state index in [2.05, 4.69) is 20.3 Å². The predicted octanol–water partition coefficient (Wildman–Crippen LogP) is 1.32. The first-order chi connectivity index (χ1) is 7.45. The summed E-state index contributed by atoms with van der Waals surface area (Å²) in [5.41, 5.74) is 0.585. The average Bonchev–Trinajstić information content (AvgIpc) is 3.01. The number of hydrogen-bond acceptors (Lipinski definition) is 6. The molecule has 1 aliphatic heterocycles. The third-order valence-corrected chi connectivity index (χ3v) is 2.50. The lowest BCUT2D eigenvalue weighted by atomic mass is 10.4. The summed E-state index contributed by atoms with van der Waals surface area (Å²) < 4.78 is 10.3. The second-order valence-electron chi connectivity index (χ2n) is 3.46. The molecule has 0 aromatic carbocycles. The molecule has 1 aliphatic rings. The summed E-state index contributed by atoms with van der Waals surface area (Å²) in [5.74, 6) is 1.12. The van der Waals surface area contributed by atoms with Crippen LogP contribution in [0.3, 0.4) is 0 Å². The molecule has 1 fully saturated rings. The zero-order chi connectivity index (χ0) is 10.1. The molecule has 0 radical (unpaired) electrons. The van der Waals surface area contributed by atoms with Gasteiger partial charge < -0.3 is 13.8 Å². The van der Waals surface area contributed by atoms with Crippen LogP contribution in [0.4, 0.5) is 5.88 Å². The summed E-state index contributed by atoms with van der Waals surface area (Å²) in [6.45, 7) is 1.95. The van der Waals surface area contributed by atoms with E-state index >= 15 is 0 Å². The fraction of sp³-hybridized carbons (Fsp3) is 0.444. The zero-order valence-electron chi connectivity index (χ0n) is 8.09. The predicted molar refractivity (Wildman–Crippen MR) is 51.2 cm³/mol. The minimum Gasteiger partial charge on any atom is -0.443 e. The van der Waals surface area contributed by atoms with E-state index in [9.17, 15) is 0 Å². The number of nitrogens with zero attached hydrogens (tertiary/aromatic N) is 4. The van der Waals surface area contributed by atoms with Gasteiger partial charge in [-0.1, -0.05) is 0 Å². The minimum atomic E-state index is 0.457. The van der Waals surface area contributed by atoms with Crippen molar-refractivity contribution in [2.45, 2.75) is 12.8 Å². The van der Waals surface area contributed by atoms with Crippen molar-refractivity contribution in [1.29, 1.82) is 0 Å². The Labute approximate surface area is 85.9 Å². The van der Waals surface area contributed by atoms with E-state index in [1.165, 1.54) is 19.1 Å². The lowest BCUT2D eigenvalue weighted by Crippen LogP contribution is -2.17. The SMILES string of the molecule is c1coc(-c2nnoc2N2CCCC2)n1.